The first-order chi connectivity index (χ1) is 13.7. The molecule has 0 saturated heterocycles. The van der Waals surface area contributed by atoms with Crippen LogP contribution in [0.1, 0.15) is 21.7 Å². The first kappa shape index (κ1) is 17.7. The second-order valence-corrected chi connectivity index (χ2v) is 6.38. The number of hydrogen-bond acceptors (Lipinski definition) is 6. The van der Waals surface area contributed by atoms with Crippen LogP contribution < -0.4 is 10.6 Å². The molecule has 1 aromatic carbocycles. The van der Waals surface area contributed by atoms with Crippen molar-refractivity contribution in [1.82, 2.24) is 25.1 Å². The maximum Gasteiger partial charge on any atom is 0.251 e. The largest absolute Gasteiger partial charge is 0.467 e. The van der Waals surface area contributed by atoms with Gasteiger partial charge in [-0.2, -0.15) is 5.10 Å². The van der Waals surface area contributed by atoms with E-state index < -0.39 is 0 Å². The summed E-state index contributed by atoms with van der Waals surface area (Å²) in [6.45, 7) is 3.47. The van der Waals surface area contributed by atoms with Crippen molar-refractivity contribution in [3.8, 4) is 0 Å². The standard InChI is InChI=1S/C20H20N6O2/c1-14-4-6-15(7-5-14)20(27)21-8-9-26-19-17(12-25-26)18(23-13-24-19)22-11-16-3-2-10-28-16/h2-7,10,12-13H,8-9,11H2,1H3,(H,21,27)(H,22,23,24). The molecule has 3 aromatic heterocycles. The third kappa shape index (κ3) is 3.85. The Labute approximate surface area is 161 Å². The third-order valence-electron chi connectivity index (χ3n) is 4.37. The number of benzene rings is 1. The van der Waals surface area contributed by atoms with E-state index in [1.807, 2.05) is 43.3 Å². The zero-order valence-corrected chi connectivity index (χ0v) is 15.4. The molecule has 3 heterocycles. The van der Waals surface area contributed by atoms with Crippen LogP contribution >= 0.6 is 0 Å². The molecular formula is C20H20N6O2. The molecule has 0 aliphatic carbocycles. The zero-order valence-electron chi connectivity index (χ0n) is 15.4. The number of aromatic nitrogens is 4. The van der Waals surface area contributed by atoms with Crippen LogP contribution in [0, 0.1) is 6.92 Å². The Bertz CT molecular complexity index is 1070. The fraction of sp³-hybridized carbons (Fsp3) is 0.200. The maximum absolute atomic E-state index is 12.2. The van der Waals surface area contributed by atoms with Crippen molar-refractivity contribution in [1.29, 1.82) is 0 Å². The molecule has 0 unspecified atom stereocenters. The number of aryl methyl sites for hydroxylation is 1. The van der Waals surface area contributed by atoms with Crippen molar-refractivity contribution in [2.24, 2.45) is 0 Å². The number of carbonyl (C=O) groups is 1. The zero-order chi connectivity index (χ0) is 19.3. The van der Waals surface area contributed by atoms with Crippen LogP contribution in [0.25, 0.3) is 11.0 Å². The van der Waals surface area contributed by atoms with Gasteiger partial charge in [-0.05, 0) is 31.2 Å². The number of amides is 1. The Hall–Kier alpha value is -3.68. The average Bonchev–Trinajstić information content (AvgIpc) is 3.37. The number of furan rings is 1. The van der Waals surface area contributed by atoms with Crippen molar-refractivity contribution in [2.45, 2.75) is 20.0 Å². The molecule has 0 aliphatic rings. The van der Waals surface area contributed by atoms with Crippen LogP contribution in [0.5, 0.6) is 0 Å². The van der Waals surface area contributed by atoms with Crippen LogP contribution in [0.15, 0.2) is 59.6 Å². The Balaban J connectivity index is 1.39. The van der Waals surface area contributed by atoms with E-state index in [4.69, 9.17) is 4.42 Å². The number of hydrogen-bond donors (Lipinski definition) is 2. The Kier molecular flexibility index (Phi) is 5.01. The Morgan fingerprint density at radius 3 is 2.82 bits per heavy atom. The van der Waals surface area contributed by atoms with Crippen LogP contribution in [-0.4, -0.2) is 32.2 Å². The van der Waals surface area contributed by atoms with Crippen molar-refractivity contribution >= 4 is 22.8 Å². The number of anilines is 1. The van der Waals surface area contributed by atoms with Crippen LogP contribution in [-0.2, 0) is 13.1 Å². The highest BCUT2D eigenvalue weighted by molar-refractivity contribution is 5.94. The molecule has 0 radical (unpaired) electrons. The number of fused-ring (bicyclic) bond motifs is 1. The third-order valence-corrected chi connectivity index (χ3v) is 4.37. The Morgan fingerprint density at radius 1 is 1.18 bits per heavy atom. The van der Waals surface area contributed by atoms with E-state index in [2.05, 4.69) is 25.7 Å². The summed E-state index contributed by atoms with van der Waals surface area (Å²) in [6, 6.07) is 11.2. The Morgan fingerprint density at radius 2 is 2.04 bits per heavy atom. The minimum absolute atomic E-state index is 0.105. The van der Waals surface area contributed by atoms with E-state index in [-0.39, 0.29) is 5.91 Å². The topological polar surface area (TPSA) is 97.9 Å². The molecule has 4 rings (SSSR count). The van der Waals surface area contributed by atoms with E-state index in [0.29, 0.717) is 36.7 Å². The minimum Gasteiger partial charge on any atom is -0.467 e. The fourth-order valence-corrected chi connectivity index (χ4v) is 2.86. The summed E-state index contributed by atoms with van der Waals surface area (Å²) >= 11 is 0. The van der Waals surface area contributed by atoms with Crippen molar-refractivity contribution in [2.75, 3.05) is 11.9 Å². The van der Waals surface area contributed by atoms with E-state index in [1.54, 1.807) is 17.1 Å². The van der Waals surface area contributed by atoms with Crippen molar-refractivity contribution < 1.29 is 9.21 Å². The lowest BCUT2D eigenvalue weighted by atomic mass is 10.1. The summed E-state index contributed by atoms with van der Waals surface area (Å²) in [5, 5.41) is 11.3. The van der Waals surface area contributed by atoms with Gasteiger partial charge < -0.3 is 15.1 Å². The van der Waals surface area contributed by atoms with Gasteiger partial charge >= 0.3 is 0 Å². The number of carbonyl (C=O) groups excluding carboxylic acids is 1. The maximum atomic E-state index is 12.2. The summed E-state index contributed by atoms with van der Waals surface area (Å²) < 4.78 is 7.08. The predicted molar refractivity (Wildman–Crippen MR) is 105 cm³/mol. The summed E-state index contributed by atoms with van der Waals surface area (Å²) in [7, 11) is 0. The minimum atomic E-state index is -0.105. The lowest BCUT2D eigenvalue weighted by Gasteiger charge is -2.07. The molecule has 28 heavy (non-hydrogen) atoms. The van der Waals surface area contributed by atoms with Crippen molar-refractivity contribution in [3.05, 3.63) is 72.1 Å². The molecule has 0 spiro atoms. The summed E-state index contributed by atoms with van der Waals surface area (Å²) in [6.07, 6.45) is 4.85. The van der Waals surface area contributed by atoms with E-state index in [0.717, 1.165) is 16.7 Å². The monoisotopic (exact) mass is 376 g/mol. The second-order valence-electron chi connectivity index (χ2n) is 6.38. The lowest BCUT2D eigenvalue weighted by Crippen LogP contribution is -2.27. The quantitative estimate of drug-likeness (QED) is 0.515. The fourth-order valence-electron chi connectivity index (χ4n) is 2.86. The normalized spacial score (nSPS) is 10.9. The average molecular weight is 376 g/mol. The summed E-state index contributed by atoms with van der Waals surface area (Å²) in [4.78, 5) is 20.8. The predicted octanol–water partition coefficient (Wildman–Crippen LogP) is 2.77. The van der Waals surface area contributed by atoms with Gasteiger partial charge in [0.1, 0.15) is 17.9 Å². The van der Waals surface area contributed by atoms with Crippen LogP contribution in [0.2, 0.25) is 0 Å². The molecule has 2 N–H and O–H groups in total. The summed E-state index contributed by atoms with van der Waals surface area (Å²) in [5.74, 6) is 1.40. The van der Waals surface area contributed by atoms with Crippen molar-refractivity contribution in [3.63, 3.8) is 0 Å². The van der Waals surface area contributed by atoms with E-state index in [1.165, 1.54) is 6.33 Å². The summed E-state index contributed by atoms with van der Waals surface area (Å²) in [5.41, 5.74) is 2.47. The number of nitrogens with zero attached hydrogens (tertiary/aromatic N) is 4. The molecule has 8 heteroatoms. The van der Waals surface area contributed by atoms with Gasteiger partial charge in [0.15, 0.2) is 5.65 Å². The highest BCUT2D eigenvalue weighted by Crippen LogP contribution is 2.19. The smallest absolute Gasteiger partial charge is 0.251 e. The molecule has 142 valence electrons. The van der Waals surface area contributed by atoms with Crippen LogP contribution in [0.4, 0.5) is 5.82 Å². The molecule has 0 fully saturated rings. The van der Waals surface area contributed by atoms with E-state index in [9.17, 15) is 4.79 Å². The second kappa shape index (κ2) is 7.91. The number of nitrogens with one attached hydrogen (secondary N) is 2. The van der Waals surface area contributed by atoms with Crippen LogP contribution in [0.3, 0.4) is 0 Å². The van der Waals surface area contributed by atoms with Gasteiger partial charge in [0.2, 0.25) is 0 Å². The molecule has 8 nitrogen and oxygen atoms in total. The molecule has 0 atom stereocenters. The molecular weight excluding hydrogens is 356 g/mol. The number of rotatable bonds is 7. The molecule has 4 aromatic rings. The van der Waals surface area contributed by atoms with Gasteiger partial charge in [-0.25, -0.2) is 14.6 Å². The highest BCUT2D eigenvalue weighted by atomic mass is 16.3. The van der Waals surface area contributed by atoms with Gasteiger partial charge in [0.25, 0.3) is 5.91 Å². The van der Waals surface area contributed by atoms with Gasteiger partial charge in [-0.1, -0.05) is 17.7 Å². The highest BCUT2D eigenvalue weighted by Gasteiger charge is 2.11. The first-order valence-corrected chi connectivity index (χ1v) is 8.98. The van der Waals surface area contributed by atoms with E-state index >= 15 is 0 Å². The van der Waals surface area contributed by atoms with Gasteiger partial charge in [-0.3, -0.25) is 4.79 Å². The molecule has 0 saturated carbocycles. The van der Waals surface area contributed by atoms with Gasteiger partial charge in [0, 0.05) is 12.1 Å². The molecule has 0 bridgehead atoms. The molecule has 1 amide bonds. The van der Waals surface area contributed by atoms with Gasteiger partial charge in [0.05, 0.1) is 30.9 Å². The van der Waals surface area contributed by atoms with Gasteiger partial charge in [-0.15, -0.1) is 0 Å². The lowest BCUT2D eigenvalue weighted by molar-refractivity contribution is 0.0952. The first-order valence-electron chi connectivity index (χ1n) is 8.98. The SMILES string of the molecule is Cc1ccc(C(=O)NCCn2ncc3c(NCc4ccco4)ncnc32)cc1. The molecule has 0 aliphatic heterocycles.